The summed E-state index contributed by atoms with van der Waals surface area (Å²) in [4.78, 5) is 27.2. The molecule has 0 aliphatic rings. The standard InChI is InChI=1S/C24H30Cl3N3O5S/c1-5-28-24(32)16(2)29(15-18-19(25)8-6-9-20(18)26)23(31)10-7-13-30(36(4,33)34)17-11-12-22(35-3)21(27)14-17/h6,8-9,11-12,14,16H,5,7,10,13,15H2,1-4H3,(H,28,32)/t16-/m0/s1. The number of halogens is 3. The van der Waals surface area contributed by atoms with E-state index in [-0.39, 0.29) is 42.8 Å². The number of ether oxygens (including phenoxy) is 1. The van der Waals surface area contributed by atoms with Crippen LogP contribution in [-0.2, 0) is 26.2 Å². The second kappa shape index (κ2) is 13.4. The van der Waals surface area contributed by atoms with Crippen molar-refractivity contribution in [3.63, 3.8) is 0 Å². The van der Waals surface area contributed by atoms with Crippen molar-refractivity contribution in [2.24, 2.45) is 0 Å². The van der Waals surface area contributed by atoms with Crippen LogP contribution in [0, 0.1) is 0 Å². The van der Waals surface area contributed by atoms with Gasteiger partial charge in [-0.25, -0.2) is 8.42 Å². The highest BCUT2D eigenvalue weighted by atomic mass is 35.5. The van der Waals surface area contributed by atoms with Gasteiger partial charge in [-0.1, -0.05) is 40.9 Å². The third kappa shape index (κ3) is 7.90. The predicted molar refractivity (Wildman–Crippen MR) is 145 cm³/mol. The Kier molecular flexibility index (Phi) is 11.2. The van der Waals surface area contributed by atoms with E-state index in [0.717, 1.165) is 6.26 Å². The van der Waals surface area contributed by atoms with Gasteiger partial charge in [-0.2, -0.15) is 0 Å². The minimum Gasteiger partial charge on any atom is -0.495 e. The van der Waals surface area contributed by atoms with E-state index in [1.165, 1.54) is 22.4 Å². The highest BCUT2D eigenvalue weighted by Crippen LogP contribution is 2.31. The average molecular weight is 579 g/mol. The number of benzene rings is 2. The van der Waals surface area contributed by atoms with Gasteiger partial charge in [-0.15, -0.1) is 0 Å². The molecule has 0 fully saturated rings. The van der Waals surface area contributed by atoms with Crippen LogP contribution in [0.2, 0.25) is 15.1 Å². The van der Waals surface area contributed by atoms with Crippen LogP contribution in [0.5, 0.6) is 5.75 Å². The number of hydrogen-bond donors (Lipinski definition) is 1. The molecule has 0 heterocycles. The van der Waals surface area contributed by atoms with Crippen molar-refractivity contribution in [3.8, 4) is 5.75 Å². The molecule has 198 valence electrons. The molecule has 12 heteroatoms. The molecule has 0 radical (unpaired) electrons. The topological polar surface area (TPSA) is 96.0 Å². The Balaban J connectivity index is 2.23. The smallest absolute Gasteiger partial charge is 0.242 e. The summed E-state index contributed by atoms with van der Waals surface area (Å²) in [5, 5.41) is 3.73. The van der Waals surface area contributed by atoms with Crippen LogP contribution >= 0.6 is 34.8 Å². The maximum Gasteiger partial charge on any atom is 0.242 e. The van der Waals surface area contributed by atoms with Gasteiger partial charge in [0.25, 0.3) is 0 Å². The van der Waals surface area contributed by atoms with Gasteiger partial charge >= 0.3 is 0 Å². The summed E-state index contributed by atoms with van der Waals surface area (Å²) < 4.78 is 31.2. The fraction of sp³-hybridized carbons (Fsp3) is 0.417. The molecular formula is C24H30Cl3N3O5S. The number of amides is 2. The molecular weight excluding hydrogens is 549 g/mol. The van der Waals surface area contributed by atoms with Gasteiger partial charge in [0.2, 0.25) is 21.8 Å². The number of hydrogen-bond acceptors (Lipinski definition) is 5. The van der Waals surface area contributed by atoms with Crippen molar-refractivity contribution in [2.45, 2.75) is 39.3 Å². The number of sulfonamides is 1. The molecule has 0 aromatic heterocycles. The highest BCUT2D eigenvalue weighted by molar-refractivity contribution is 7.92. The first kappa shape index (κ1) is 30.0. The molecule has 2 rings (SSSR count). The molecule has 1 N–H and O–H groups in total. The molecule has 2 aromatic carbocycles. The summed E-state index contributed by atoms with van der Waals surface area (Å²) >= 11 is 18.8. The van der Waals surface area contributed by atoms with Gasteiger partial charge in [0.15, 0.2) is 0 Å². The molecule has 36 heavy (non-hydrogen) atoms. The third-order valence-corrected chi connectivity index (χ3v) is 7.68. The van der Waals surface area contributed by atoms with Gasteiger partial charge in [-0.3, -0.25) is 13.9 Å². The number of rotatable bonds is 12. The minimum atomic E-state index is -3.66. The molecule has 0 bridgehead atoms. The van der Waals surface area contributed by atoms with Crippen molar-refractivity contribution in [2.75, 3.05) is 30.8 Å². The fourth-order valence-electron chi connectivity index (χ4n) is 3.57. The van der Waals surface area contributed by atoms with Crippen molar-refractivity contribution >= 4 is 62.3 Å². The lowest BCUT2D eigenvalue weighted by atomic mass is 10.1. The van der Waals surface area contributed by atoms with Crippen molar-refractivity contribution in [1.82, 2.24) is 10.2 Å². The molecule has 2 amide bonds. The summed E-state index contributed by atoms with van der Waals surface area (Å²) in [6.45, 7) is 3.87. The van der Waals surface area contributed by atoms with Gasteiger partial charge in [-0.05, 0) is 50.6 Å². The first-order valence-corrected chi connectivity index (χ1v) is 14.2. The summed E-state index contributed by atoms with van der Waals surface area (Å²) in [6.07, 6.45) is 1.27. The van der Waals surface area contributed by atoms with E-state index in [4.69, 9.17) is 39.5 Å². The van der Waals surface area contributed by atoms with Crippen molar-refractivity contribution in [1.29, 1.82) is 0 Å². The maximum absolute atomic E-state index is 13.3. The van der Waals surface area contributed by atoms with Crippen molar-refractivity contribution in [3.05, 3.63) is 57.0 Å². The summed E-state index contributed by atoms with van der Waals surface area (Å²) in [5.74, 6) is -0.247. The number of carbonyl (C=O) groups is 2. The summed E-state index contributed by atoms with van der Waals surface area (Å²) in [5.41, 5.74) is 0.877. The number of methoxy groups -OCH3 is 1. The number of likely N-dealkylation sites (N-methyl/N-ethyl adjacent to an activating group) is 1. The largest absolute Gasteiger partial charge is 0.495 e. The van der Waals surface area contributed by atoms with Crippen LogP contribution in [0.25, 0.3) is 0 Å². The first-order chi connectivity index (χ1) is 16.9. The number of nitrogens with zero attached hydrogens (tertiary/aromatic N) is 2. The molecule has 0 saturated heterocycles. The molecule has 0 aliphatic carbocycles. The summed E-state index contributed by atoms with van der Waals surface area (Å²) in [6, 6.07) is 8.86. The minimum absolute atomic E-state index is 0.0122. The summed E-state index contributed by atoms with van der Waals surface area (Å²) in [7, 11) is -2.20. The quantitative estimate of drug-likeness (QED) is 0.392. The monoisotopic (exact) mass is 577 g/mol. The normalized spacial score (nSPS) is 12.1. The molecule has 0 spiro atoms. The Morgan fingerprint density at radius 3 is 2.25 bits per heavy atom. The van der Waals surface area contributed by atoms with Crippen LogP contribution in [0.1, 0.15) is 32.3 Å². The predicted octanol–water partition coefficient (Wildman–Crippen LogP) is 4.76. The Bertz CT molecular complexity index is 1170. The number of nitrogens with one attached hydrogen (secondary N) is 1. The molecule has 2 aromatic rings. The molecule has 8 nitrogen and oxygen atoms in total. The zero-order valence-corrected chi connectivity index (χ0v) is 23.6. The van der Waals surface area contributed by atoms with Gasteiger partial charge < -0.3 is 15.0 Å². The Morgan fingerprint density at radius 1 is 1.08 bits per heavy atom. The lowest BCUT2D eigenvalue weighted by Crippen LogP contribution is -2.47. The molecule has 1 atom stereocenters. The average Bonchev–Trinajstić information content (AvgIpc) is 2.80. The van der Waals surface area contributed by atoms with Crippen LogP contribution in [-0.4, -0.2) is 57.6 Å². The molecule has 0 saturated carbocycles. The van der Waals surface area contributed by atoms with E-state index < -0.39 is 16.1 Å². The molecule has 0 aliphatic heterocycles. The van der Waals surface area contributed by atoms with Gasteiger partial charge in [0, 0.05) is 41.7 Å². The zero-order chi connectivity index (χ0) is 27.0. The van der Waals surface area contributed by atoms with E-state index >= 15 is 0 Å². The maximum atomic E-state index is 13.3. The molecule has 0 unspecified atom stereocenters. The lowest BCUT2D eigenvalue weighted by Gasteiger charge is -2.30. The Morgan fingerprint density at radius 2 is 1.72 bits per heavy atom. The van der Waals surface area contributed by atoms with Crippen LogP contribution in [0.4, 0.5) is 5.69 Å². The number of carbonyl (C=O) groups excluding carboxylic acids is 2. The third-order valence-electron chi connectivity index (χ3n) is 5.48. The van der Waals surface area contributed by atoms with E-state index in [2.05, 4.69) is 5.32 Å². The number of anilines is 1. The van der Waals surface area contributed by atoms with E-state index in [0.29, 0.717) is 33.6 Å². The van der Waals surface area contributed by atoms with Gasteiger partial charge in [0.1, 0.15) is 11.8 Å². The van der Waals surface area contributed by atoms with Crippen molar-refractivity contribution < 1.29 is 22.7 Å². The Hall–Kier alpha value is -2.20. The SMILES string of the molecule is CCNC(=O)[C@H](C)N(Cc1c(Cl)cccc1Cl)C(=O)CCCN(c1ccc(OC)c(Cl)c1)S(C)(=O)=O. The Labute approximate surface area is 227 Å². The van der Waals surface area contributed by atoms with Crippen LogP contribution in [0.3, 0.4) is 0 Å². The van der Waals surface area contributed by atoms with Crippen LogP contribution < -0.4 is 14.4 Å². The van der Waals surface area contributed by atoms with E-state index in [1.54, 1.807) is 44.2 Å². The lowest BCUT2D eigenvalue weighted by molar-refractivity contribution is -0.140. The first-order valence-electron chi connectivity index (χ1n) is 11.2. The van der Waals surface area contributed by atoms with Crippen LogP contribution in [0.15, 0.2) is 36.4 Å². The zero-order valence-electron chi connectivity index (χ0n) is 20.6. The fourth-order valence-corrected chi connectivity index (χ4v) is 5.30. The highest BCUT2D eigenvalue weighted by Gasteiger charge is 2.27. The van der Waals surface area contributed by atoms with E-state index in [1.807, 2.05) is 0 Å². The van der Waals surface area contributed by atoms with Gasteiger partial charge in [0.05, 0.1) is 24.1 Å². The van der Waals surface area contributed by atoms with E-state index in [9.17, 15) is 18.0 Å². The second-order valence-corrected chi connectivity index (χ2v) is 11.2. The second-order valence-electron chi connectivity index (χ2n) is 8.05.